The van der Waals surface area contributed by atoms with Crippen LogP contribution in [0.25, 0.3) is 0 Å². The molecular formula is C16H22N6O2. The zero-order chi connectivity index (χ0) is 16.9. The fraction of sp³-hybridized carbons (Fsp3) is 0.500. The second-order valence-electron chi connectivity index (χ2n) is 6.04. The van der Waals surface area contributed by atoms with Crippen molar-refractivity contribution in [2.75, 3.05) is 27.2 Å². The van der Waals surface area contributed by atoms with Gasteiger partial charge in [-0.1, -0.05) is 0 Å². The Morgan fingerprint density at radius 3 is 3.00 bits per heavy atom. The number of aromatic nitrogens is 4. The summed E-state index contributed by atoms with van der Waals surface area (Å²) in [5.74, 6) is 0.575. The van der Waals surface area contributed by atoms with Crippen LogP contribution in [-0.4, -0.2) is 68.7 Å². The summed E-state index contributed by atoms with van der Waals surface area (Å²) >= 11 is 0. The fourth-order valence-electron chi connectivity index (χ4n) is 2.72. The predicted octanol–water partition coefficient (Wildman–Crippen LogP) is 0.415. The van der Waals surface area contributed by atoms with Gasteiger partial charge in [-0.3, -0.25) is 19.4 Å². The third-order valence-electron chi connectivity index (χ3n) is 4.16. The molecule has 0 saturated carbocycles. The van der Waals surface area contributed by atoms with E-state index in [0.29, 0.717) is 25.6 Å². The number of rotatable bonds is 5. The Kier molecular flexibility index (Phi) is 5.05. The van der Waals surface area contributed by atoms with E-state index in [-0.39, 0.29) is 11.9 Å². The van der Waals surface area contributed by atoms with Crippen LogP contribution in [0.15, 0.2) is 30.9 Å². The lowest BCUT2D eigenvalue weighted by Gasteiger charge is -2.29. The largest absolute Gasteiger partial charge is 0.475 e. The minimum Gasteiger partial charge on any atom is -0.475 e. The zero-order valence-corrected chi connectivity index (χ0v) is 14.0. The number of carbonyl (C=O) groups is 1. The van der Waals surface area contributed by atoms with Crippen molar-refractivity contribution in [3.63, 3.8) is 0 Å². The first-order valence-electron chi connectivity index (χ1n) is 7.97. The number of carbonyl (C=O) groups excluding carboxylic acids is 1. The molecule has 128 valence electrons. The number of ether oxygens (including phenoxy) is 1. The van der Waals surface area contributed by atoms with Crippen LogP contribution in [0.4, 0.5) is 0 Å². The molecule has 0 N–H and O–H groups in total. The molecule has 8 nitrogen and oxygen atoms in total. The van der Waals surface area contributed by atoms with Crippen LogP contribution in [0, 0.1) is 0 Å². The highest BCUT2D eigenvalue weighted by Gasteiger charge is 2.27. The molecule has 0 fully saturated rings. The molecule has 1 unspecified atom stereocenters. The number of hydrogen-bond donors (Lipinski definition) is 0. The third-order valence-corrected chi connectivity index (χ3v) is 4.16. The van der Waals surface area contributed by atoms with E-state index < -0.39 is 0 Å². The van der Waals surface area contributed by atoms with Crippen LogP contribution < -0.4 is 4.74 Å². The first-order valence-corrected chi connectivity index (χ1v) is 7.97. The molecular weight excluding hydrogens is 308 g/mol. The molecule has 3 heterocycles. The number of nitrogens with zero attached hydrogens (tertiary/aromatic N) is 6. The van der Waals surface area contributed by atoms with Gasteiger partial charge in [0.25, 0.3) is 0 Å². The molecule has 0 spiro atoms. The number of amides is 1. The van der Waals surface area contributed by atoms with Gasteiger partial charge in [-0.2, -0.15) is 5.10 Å². The van der Waals surface area contributed by atoms with Crippen LogP contribution in [0.2, 0.25) is 0 Å². The maximum atomic E-state index is 12.2. The average Bonchev–Trinajstić information content (AvgIpc) is 2.96. The van der Waals surface area contributed by atoms with Gasteiger partial charge >= 0.3 is 0 Å². The van der Waals surface area contributed by atoms with E-state index >= 15 is 0 Å². The van der Waals surface area contributed by atoms with Crippen molar-refractivity contribution < 1.29 is 9.53 Å². The summed E-state index contributed by atoms with van der Waals surface area (Å²) in [5.41, 5.74) is 1.11. The van der Waals surface area contributed by atoms with Gasteiger partial charge in [0.15, 0.2) is 0 Å². The molecule has 1 aliphatic rings. The second kappa shape index (κ2) is 7.39. The summed E-state index contributed by atoms with van der Waals surface area (Å²) in [6.45, 7) is 2.30. The van der Waals surface area contributed by atoms with Gasteiger partial charge in [0.1, 0.15) is 6.61 Å². The molecule has 2 aromatic rings. The van der Waals surface area contributed by atoms with Crippen molar-refractivity contribution >= 4 is 5.91 Å². The summed E-state index contributed by atoms with van der Waals surface area (Å²) < 4.78 is 7.77. The van der Waals surface area contributed by atoms with Crippen molar-refractivity contribution in [2.45, 2.75) is 25.6 Å². The Hall–Kier alpha value is -2.48. The quantitative estimate of drug-likeness (QED) is 0.790. The molecule has 24 heavy (non-hydrogen) atoms. The summed E-state index contributed by atoms with van der Waals surface area (Å²) in [5, 5.41) is 4.35. The van der Waals surface area contributed by atoms with E-state index in [4.69, 9.17) is 4.74 Å². The van der Waals surface area contributed by atoms with Crippen molar-refractivity contribution in [1.82, 2.24) is 29.5 Å². The molecule has 0 aromatic carbocycles. The van der Waals surface area contributed by atoms with Gasteiger partial charge in [-0.25, -0.2) is 4.98 Å². The fourth-order valence-corrected chi connectivity index (χ4v) is 2.72. The first kappa shape index (κ1) is 16.4. The van der Waals surface area contributed by atoms with Gasteiger partial charge in [0, 0.05) is 51.8 Å². The highest BCUT2D eigenvalue weighted by atomic mass is 16.5. The molecule has 3 rings (SSSR count). The van der Waals surface area contributed by atoms with Crippen molar-refractivity contribution in [3.05, 3.63) is 36.5 Å². The second-order valence-corrected chi connectivity index (χ2v) is 6.04. The van der Waals surface area contributed by atoms with E-state index in [0.717, 1.165) is 18.7 Å². The van der Waals surface area contributed by atoms with E-state index in [1.807, 2.05) is 10.7 Å². The highest BCUT2D eigenvalue weighted by molar-refractivity contribution is 5.77. The van der Waals surface area contributed by atoms with E-state index in [1.165, 1.54) is 0 Å². The lowest BCUT2D eigenvalue weighted by atomic mass is 10.2. The number of fused-ring (bicyclic) bond motifs is 1. The van der Waals surface area contributed by atoms with Crippen LogP contribution in [-0.2, 0) is 17.9 Å². The number of aryl methyl sites for hydroxylation is 1. The van der Waals surface area contributed by atoms with Crippen molar-refractivity contribution in [1.29, 1.82) is 0 Å². The molecule has 1 atom stereocenters. The lowest BCUT2D eigenvalue weighted by Crippen LogP contribution is -2.44. The van der Waals surface area contributed by atoms with Crippen molar-refractivity contribution in [2.24, 2.45) is 0 Å². The Balaban J connectivity index is 1.71. The SMILES string of the molecule is CN(C)C(=O)CN1Cc2ccnn2CCC1COc1cnccn1. The molecule has 0 saturated heterocycles. The van der Waals surface area contributed by atoms with E-state index in [2.05, 4.69) is 20.0 Å². The predicted molar refractivity (Wildman–Crippen MR) is 87.3 cm³/mol. The van der Waals surface area contributed by atoms with Gasteiger partial charge in [0.05, 0.1) is 18.4 Å². The summed E-state index contributed by atoms with van der Waals surface area (Å²) in [6, 6.07) is 2.11. The Morgan fingerprint density at radius 2 is 2.25 bits per heavy atom. The topological polar surface area (TPSA) is 76.4 Å². The Bertz CT molecular complexity index is 672. The summed E-state index contributed by atoms with van der Waals surface area (Å²) in [4.78, 5) is 24.1. The number of likely N-dealkylation sites (N-methyl/N-ethyl adjacent to an activating group) is 1. The molecule has 1 aliphatic heterocycles. The molecule has 2 aromatic heterocycles. The zero-order valence-electron chi connectivity index (χ0n) is 14.0. The summed E-state index contributed by atoms with van der Waals surface area (Å²) in [6.07, 6.45) is 7.47. The standard InChI is InChI=1S/C16H22N6O2/c1-20(2)16(23)11-21-10-13-3-5-19-22(13)8-4-14(21)12-24-15-9-17-6-7-18-15/h3,5-7,9,14H,4,8,10-12H2,1-2H3. The molecule has 0 bridgehead atoms. The van der Waals surface area contributed by atoms with E-state index in [1.54, 1.807) is 43.8 Å². The normalized spacial score (nSPS) is 17.8. The lowest BCUT2D eigenvalue weighted by molar-refractivity contribution is -0.130. The molecule has 8 heteroatoms. The van der Waals surface area contributed by atoms with Crippen LogP contribution >= 0.6 is 0 Å². The highest BCUT2D eigenvalue weighted by Crippen LogP contribution is 2.18. The minimum atomic E-state index is 0.0764. The molecule has 0 radical (unpaired) electrons. The maximum absolute atomic E-state index is 12.2. The Morgan fingerprint density at radius 1 is 1.38 bits per heavy atom. The van der Waals surface area contributed by atoms with Gasteiger partial charge in [-0.15, -0.1) is 0 Å². The Labute approximate surface area is 141 Å². The van der Waals surface area contributed by atoms with Gasteiger partial charge in [-0.05, 0) is 12.5 Å². The molecule has 1 amide bonds. The monoisotopic (exact) mass is 330 g/mol. The summed E-state index contributed by atoms with van der Waals surface area (Å²) in [7, 11) is 3.55. The minimum absolute atomic E-state index is 0.0764. The van der Waals surface area contributed by atoms with Crippen molar-refractivity contribution in [3.8, 4) is 5.88 Å². The smallest absolute Gasteiger partial charge is 0.236 e. The van der Waals surface area contributed by atoms with Crippen LogP contribution in [0.3, 0.4) is 0 Å². The first-order chi connectivity index (χ1) is 11.6. The van der Waals surface area contributed by atoms with Crippen LogP contribution in [0.1, 0.15) is 12.1 Å². The molecule has 0 aliphatic carbocycles. The average molecular weight is 330 g/mol. The number of hydrogen-bond acceptors (Lipinski definition) is 6. The maximum Gasteiger partial charge on any atom is 0.236 e. The van der Waals surface area contributed by atoms with Gasteiger partial charge in [0.2, 0.25) is 11.8 Å². The van der Waals surface area contributed by atoms with Crippen LogP contribution in [0.5, 0.6) is 5.88 Å². The third kappa shape index (κ3) is 3.88. The van der Waals surface area contributed by atoms with Gasteiger partial charge < -0.3 is 9.64 Å². The van der Waals surface area contributed by atoms with E-state index in [9.17, 15) is 4.79 Å².